The monoisotopic (exact) mass is 439 g/mol. The minimum atomic E-state index is -4.42. The first-order chi connectivity index (χ1) is 14.9. The molecule has 1 aliphatic heterocycles. The Balaban J connectivity index is 1.62. The van der Waals surface area contributed by atoms with E-state index in [1.54, 1.807) is 12.1 Å². The second kappa shape index (κ2) is 10.1. The van der Waals surface area contributed by atoms with E-state index < -0.39 is 12.8 Å². The fourth-order valence-corrected chi connectivity index (χ4v) is 2.84. The minimum absolute atomic E-state index is 0.0342. The Morgan fingerprint density at radius 3 is 2.55 bits per heavy atom. The maximum atomic E-state index is 12.4. The van der Waals surface area contributed by atoms with Crippen LogP contribution in [-0.2, 0) is 13.1 Å². The highest BCUT2D eigenvalue weighted by molar-refractivity contribution is 5.79. The van der Waals surface area contributed by atoms with E-state index in [0.717, 1.165) is 16.9 Å². The molecule has 0 fully saturated rings. The van der Waals surface area contributed by atoms with Crippen LogP contribution in [0.5, 0.6) is 23.0 Å². The van der Waals surface area contributed by atoms with Crippen LogP contribution in [-0.4, -0.2) is 39.2 Å². The van der Waals surface area contributed by atoms with E-state index in [1.165, 1.54) is 13.2 Å². The topological polar surface area (TPSA) is 73.3 Å². The fourth-order valence-electron chi connectivity index (χ4n) is 2.84. The maximum absolute atomic E-state index is 12.4. The molecule has 2 N–H and O–H groups in total. The van der Waals surface area contributed by atoms with Gasteiger partial charge < -0.3 is 29.6 Å². The van der Waals surface area contributed by atoms with Gasteiger partial charge in [0.1, 0.15) is 0 Å². The highest BCUT2D eigenvalue weighted by Crippen LogP contribution is 2.32. The molecule has 0 atom stereocenters. The number of alkyl halides is 3. The summed E-state index contributed by atoms with van der Waals surface area (Å²) in [7, 11) is 1.38. The predicted molar refractivity (Wildman–Crippen MR) is 109 cm³/mol. The summed E-state index contributed by atoms with van der Waals surface area (Å²) >= 11 is 0. The molecule has 0 bridgehead atoms. The third-order valence-corrected chi connectivity index (χ3v) is 4.28. The van der Waals surface area contributed by atoms with Gasteiger partial charge in [0.2, 0.25) is 6.79 Å². The van der Waals surface area contributed by atoms with Gasteiger partial charge in [0.25, 0.3) is 0 Å². The van der Waals surface area contributed by atoms with Crippen LogP contribution in [0.25, 0.3) is 0 Å². The Bertz CT molecular complexity index is 919. The van der Waals surface area contributed by atoms with Gasteiger partial charge in [-0.1, -0.05) is 12.1 Å². The molecule has 10 heteroatoms. The molecular formula is C21H24F3N3O4. The fraction of sp³-hybridized carbons (Fsp3) is 0.381. The standard InChI is InChI=1S/C21H24F3N3O4/c1-3-25-20(27-11-15-5-7-17-19(9-15)31-13-30-17)26-10-14-4-6-16(18(8-14)28-2)29-12-21(22,23)24/h4-9H,3,10-13H2,1-2H3,(H2,25,26,27). The normalized spacial score (nSPS) is 13.1. The number of rotatable bonds is 8. The lowest BCUT2D eigenvalue weighted by atomic mass is 10.2. The van der Waals surface area contributed by atoms with Crippen LogP contribution in [0.15, 0.2) is 41.4 Å². The van der Waals surface area contributed by atoms with Crippen molar-refractivity contribution in [3.63, 3.8) is 0 Å². The number of aliphatic imine (C=N–C) groups is 1. The average molecular weight is 439 g/mol. The molecule has 0 radical (unpaired) electrons. The number of nitrogens with one attached hydrogen (secondary N) is 2. The molecule has 2 aromatic carbocycles. The third kappa shape index (κ3) is 6.59. The highest BCUT2D eigenvalue weighted by Gasteiger charge is 2.29. The molecular weight excluding hydrogens is 415 g/mol. The average Bonchev–Trinajstić information content (AvgIpc) is 3.21. The van der Waals surface area contributed by atoms with Crippen LogP contribution in [0.1, 0.15) is 18.1 Å². The van der Waals surface area contributed by atoms with Gasteiger partial charge in [-0.05, 0) is 42.3 Å². The first kappa shape index (κ1) is 22.4. The molecule has 0 spiro atoms. The molecule has 3 rings (SSSR count). The molecule has 0 amide bonds. The van der Waals surface area contributed by atoms with Crippen molar-refractivity contribution < 1.29 is 32.1 Å². The van der Waals surface area contributed by atoms with E-state index in [-0.39, 0.29) is 18.3 Å². The largest absolute Gasteiger partial charge is 0.493 e. The maximum Gasteiger partial charge on any atom is 0.422 e. The van der Waals surface area contributed by atoms with Crippen molar-refractivity contribution in [2.75, 3.05) is 27.1 Å². The van der Waals surface area contributed by atoms with Crippen LogP contribution < -0.4 is 29.6 Å². The van der Waals surface area contributed by atoms with Gasteiger partial charge in [0.05, 0.1) is 13.7 Å². The summed E-state index contributed by atoms with van der Waals surface area (Å²) in [6.45, 7) is 2.28. The molecule has 0 aromatic heterocycles. The van der Waals surface area contributed by atoms with Gasteiger partial charge in [-0.2, -0.15) is 13.2 Å². The zero-order chi connectivity index (χ0) is 22.3. The Kier molecular flexibility index (Phi) is 7.32. The third-order valence-electron chi connectivity index (χ3n) is 4.28. The minimum Gasteiger partial charge on any atom is -0.493 e. The zero-order valence-electron chi connectivity index (χ0n) is 17.2. The van der Waals surface area contributed by atoms with Crippen LogP contribution >= 0.6 is 0 Å². The first-order valence-corrected chi connectivity index (χ1v) is 9.65. The second-order valence-corrected chi connectivity index (χ2v) is 6.63. The number of hydrogen-bond donors (Lipinski definition) is 2. The number of guanidine groups is 1. The van der Waals surface area contributed by atoms with Crippen molar-refractivity contribution in [3.8, 4) is 23.0 Å². The number of fused-ring (bicyclic) bond motifs is 1. The number of hydrogen-bond acceptors (Lipinski definition) is 5. The van der Waals surface area contributed by atoms with Crippen molar-refractivity contribution in [2.24, 2.45) is 4.99 Å². The van der Waals surface area contributed by atoms with E-state index >= 15 is 0 Å². The van der Waals surface area contributed by atoms with Crippen LogP contribution in [0.2, 0.25) is 0 Å². The van der Waals surface area contributed by atoms with Gasteiger partial charge in [-0.3, -0.25) is 0 Å². The molecule has 168 valence electrons. The molecule has 2 aromatic rings. The summed E-state index contributed by atoms with van der Waals surface area (Å²) in [6, 6.07) is 10.4. The van der Waals surface area contributed by atoms with Crippen molar-refractivity contribution in [1.29, 1.82) is 0 Å². The predicted octanol–water partition coefficient (Wildman–Crippen LogP) is 3.62. The Morgan fingerprint density at radius 2 is 1.81 bits per heavy atom. The summed E-state index contributed by atoms with van der Waals surface area (Å²) in [4.78, 5) is 4.56. The number of nitrogens with zero attached hydrogens (tertiary/aromatic N) is 1. The summed E-state index contributed by atoms with van der Waals surface area (Å²) in [5.74, 6) is 2.27. The number of benzene rings is 2. The number of ether oxygens (including phenoxy) is 4. The van der Waals surface area contributed by atoms with E-state index in [2.05, 4.69) is 15.6 Å². The van der Waals surface area contributed by atoms with Crippen LogP contribution in [0.4, 0.5) is 13.2 Å². The van der Waals surface area contributed by atoms with Crippen molar-refractivity contribution >= 4 is 5.96 Å². The molecule has 0 unspecified atom stereocenters. The van der Waals surface area contributed by atoms with E-state index in [1.807, 2.05) is 25.1 Å². The van der Waals surface area contributed by atoms with E-state index in [4.69, 9.17) is 18.9 Å². The first-order valence-electron chi connectivity index (χ1n) is 9.65. The highest BCUT2D eigenvalue weighted by atomic mass is 19.4. The Morgan fingerprint density at radius 1 is 1.03 bits per heavy atom. The summed E-state index contributed by atoms with van der Waals surface area (Å²) in [6.07, 6.45) is -4.42. The molecule has 7 nitrogen and oxygen atoms in total. The van der Waals surface area contributed by atoms with Crippen molar-refractivity contribution in [1.82, 2.24) is 10.6 Å². The molecule has 1 aliphatic rings. The Labute approximate surface area is 178 Å². The van der Waals surface area contributed by atoms with Gasteiger partial charge in [-0.15, -0.1) is 0 Å². The zero-order valence-corrected chi connectivity index (χ0v) is 17.2. The van der Waals surface area contributed by atoms with Crippen LogP contribution in [0, 0.1) is 0 Å². The molecule has 1 heterocycles. The number of methoxy groups -OCH3 is 1. The lowest BCUT2D eigenvalue weighted by Gasteiger charge is -2.15. The summed E-state index contributed by atoms with van der Waals surface area (Å²) < 4.78 is 57.8. The van der Waals surface area contributed by atoms with Gasteiger partial charge in [0, 0.05) is 13.1 Å². The Hall–Kier alpha value is -3.30. The van der Waals surface area contributed by atoms with Crippen molar-refractivity contribution in [2.45, 2.75) is 26.2 Å². The molecule has 31 heavy (non-hydrogen) atoms. The molecule has 0 saturated heterocycles. The lowest BCUT2D eigenvalue weighted by molar-refractivity contribution is -0.153. The van der Waals surface area contributed by atoms with E-state index in [0.29, 0.717) is 31.3 Å². The lowest BCUT2D eigenvalue weighted by Crippen LogP contribution is -2.36. The summed E-state index contributed by atoms with van der Waals surface area (Å²) in [5, 5.41) is 6.35. The smallest absolute Gasteiger partial charge is 0.422 e. The molecule has 0 aliphatic carbocycles. The van der Waals surface area contributed by atoms with Crippen LogP contribution in [0.3, 0.4) is 0 Å². The SMILES string of the molecule is CCNC(=NCc1ccc2c(c1)OCO2)NCc1ccc(OCC(F)(F)F)c(OC)c1. The number of halogens is 3. The van der Waals surface area contributed by atoms with Crippen molar-refractivity contribution in [3.05, 3.63) is 47.5 Å². The quantitative estimate of drug-likeness (QED) is 0.484. The van der Waals surface area contributed by atoms with Gasteiger partial charge in [-0.25, -0.2) is 4.99 Å². The van der Waals surface area contributed by atoms with Gasteiger partial charge >= 0.3 is 6.18 Å². The van der Waals surface area contributed by atoms with Gasteiger partial charge in [0.15, 0.2) is 35.6 Å². The van der Waals surface area contributed by atoms with E-state index in [9.17, 15) is 13.2 Å². The second-order valence-electron chi connectivity index (χ2n) is 6.63. The summed E-state index contributed by atoms with van der Waals surface area (Å²) in [5.41, 5.74) is 1.76. The molecule has 0 saturated carbocycles.